The first-order valence-electron chi connectivity index (χ1n) is 7.54. The van der Waals surface area contributed by atoms with Crippen molar-refractivity contribution in [3.05, 3.63) is 69.8 Å². The number of ketones is 1. The molecule has 0 radical (unpaired) electrons. The van der Waals surface area contributed by atoms with Crippen molar-refractivity contribution in [2.24, 2.45) is 0 Å². The zero-order valence-corrected chi connectivity index (χ0v) is 13.8. The summed E-state index contributed by atoms with van der Waals surface area (Å²) in [5.41, 5.74) is 0.926. The number of esters is 1. The van der Waals surface area contributed by atoms with Crippen molar-refractivity contribution in [3.63, 3.8) is 0 Å². The molecule has 25 heavy (non-hydrogen) atoms. The van der Waals surface area contributed by atoms with Crippen molar-refractivity contribution in [2.45, 2.75) is 20.0 Å². The van der Waals surface area contributed by atoms with Crippen LogP contribution in [0.5, 0.6) is 5.75 Å². The molecule has 0 heterocycles. The molecule has 0 unspecified atom stereocenters. The number of Topliss-reactive ketones (excluding diaryl/α,β-unsaturated/α-hetero) is 1. The minimum absolute atomic E-state index is 0.0716. The molecule has 0 aliphatic rings. The Morgan fingerprint density at radius 3 is 2.56 bits per heavy atom. The number of nitro groups is 1. The average Bonchev–Trinajstić information content (AvgIpc) is 2.60. The fraction of sp³-hybridized carbons (Fsp3) is 0.222. The molecule has 0 aliphatic carbocycles. The Hall–Kier alpha value is -3.22. The highest BCUT2D eigenvalue weighted by Gasteiger charge is 2.15. The molecule has 2 aromatic carbocycles. The summed E-state index contributed by atoms with van der Waals surface area (Å²) < 4.78 is 10.5. The summed E-state index contributed by atoms with van der Waals surface area (Å²) in [6.45, 7) is 2.72. The molecule has 7 nitrogen and oxygen atoms in total. The predicted molar refractivity (Wildman–Crippen MR) is 89.5 cm³/mol. The van der Waals surface area contributed by atoms with Crippen molar-refractivity contribution in [1.82, 2.24) is 0 Å². The fourth-order valence-corrected chi connectivity index (χ4v) is 2.14. The van der Waals surface area contributed by atoms with Crippen LogP contribution < -0.4 is 4.74 Å². The Labute approximate surface area is 144 Å². The van der Waals surface area contributed by atoms with Gasteiger partial charge in [0.25, 0.3) is 5.69 Å². The zero-order chi connectivity index (χ0) is 18.4. The van der Waals surface area contributed by atoms with E-state index < -0.39 is 17.0 Å². The van der Waals surface area contributed by atoms with Crippen LogP contribution in [0.25, 0.3) is 0 Å². The van der Waals surface area contributed by atoms with E-state index in [1.165, 1.54) is 25.1 Å². The number of nitro benzene ring substituents is 1. The molecule has 0 bridgehead atoms. The van der Waals surface area contributed by atoms with Gasteiger partial charge in [0, 0.05) is 17.7 Å². The summed E-state index contributed by atoms with van der Waals surface area (Å²) in [6, 6.07) is 12.4. The third-order valence-electron chi connectivity index (χ3n) is 3.46. The van der Waals surface area contributed by atoms with E-state index in [1.807, 2.05) is 0 Å². The van der Waals surface area contributed by atoms with Gasteiger partial charge in [0.2, 0.25) is 0 Å². The maximum Gasteiger partial charge on any atom is 0.344 e. The lowest BCUT2D eigenvalue weighted by molar-refractivity contribution is -0.385. The van der Waals surface area contributed by atoms with E-state index in [-0.39, 0.29) is 18.1 Å². The number of carbonyl (C=O) groups is 2. The number of non-ortho nitro benzene ring substituents is 1. The van der Waals surface area contributed by atoms with Crippen LogP contribution in [-0.4, -0.2) is 23.3 Å². The minimum Gasteiger partial charge on any atom is -0.482 e. The Bertz CT molecular complexity index is 802. The first-order chi connectivity index (χ1) is 11.9. The van der Waals surface area contributed by atoms with Crippen molar-refractivity contribution < 1.29 is 24.0 Å². The molecule has 2 rings (SSSR count). The molecule has 0 N–H and O–H groups in total. The number of hydrogen-bond donors (Lipinski definition) is 0. The second-order valence-electron chi connectivity index (χ2n) is 5.36. The van der Waals surface area contributed by atoms with Gasteiger partial charge in [0.15, 0.2) is 12.4 Å². The van der Waals surface area contributed by atoms with Crippen LogP contribution in [0.1, 0.15) is 35.9 Å². The smallest absolute Gasteiger partial charge is 0.344 e. The second kappa shape index (κ2) is 8.05. The van der Waals surface area contributed by atoms with Gasteiger partial charge in [-0.3, -0.25) is 14.9 Å². The summed E-state index contributed by atoms with van der Waals surface area (Å²) >= 11 is 0. The summed E-state index contributed by atoms with van der Waals surface area (Å²) in [6.07, 6.45) is -0.653. The van der Waals surface area contributed by atoms with E-state index in [0.717, 1.165) is 0 Å². The topological polar surface area (TPSA) is 95.7 Å². The predicted octanol–water partition coefficient (Wildman–Crippen LogP) is 3.48. The van der Waals surface area contributed by atoms with Crippen LogP contribution in [0.15, 0.2) is 48.5 Å². The van der Waals surface area contributed by atoms with Crippen LogP contribution in [0.2, 0.25) is 0 Å². The van der Waals surface area contributed by atoms with Crippen molar-refractivity contribution >= 4 is 17.4 Å². The average molecular weight is 343 g/mol. The van der Waals surface area contributed by atoms with Crippen molar-refractivity contribution in [1.29, 1.82) is 0 Å². The molecule has 0 spiro atoms. The molecular formula is C18H17NO6. The summed E-state index contributed by atoms with van der Waals surface area (Å²) in [4.78, 5) is 33.5. The van der Waals surface area contributed by atoms with E-state index in [1.54, 1.807) is 37.3 Å². The molecule has 0 aliphatic heterocycles. The van der Waals surface area contributed by atoms with Crippen LogP contribution in [0, 0.1) is 10.1 Å². The van der Waals surface area contributed by atoms with Crippen molar-refractivity contribution in [2.75, 3.05) is 6.61 Å². The maximum absolute atomic E-state index is 11.9. The van der Waals surface area contributed by atoms with Gasteiger partial charge in [-0.25, -0.2) is 4.79 Å². The highest BCUT2D eigenvalue weighted by Crippen LogP contribution is 2.22. The number of ether oxygens (including phenoxy) is 2. The van der Waals surface area contributed by atoms with Gasteiger partial charge in [-0.15, -0.1) is 0 Å². The lowest BCUT2D eigenvalue weighted by atomic mass is 10.1. The molecule has 130 valence electrons. The van der Waals surface area contributed by atoms with Crippen LogP contribution in [0.3, 0.4) is 0 Å². The molecule has 0 amide bonds. The summed E-state index contributed by atoms with van der Waals surface area (Å²) in [7, 11) is 0. The van der Waals surface area contributed by atoms with Crippen LogP contribution in [-0.2, 0) is 9.53 Å². The third kappa shape index (κ3) is 5.13. The second-order valence-corrected chi connectivity index (χ2v) is 5.36. The monoisotopic (exact) mass is 343 g/mol. The minimum atomic E-state index is -0.653. The SMILES string of the molecule is CC(=O)c1cccc(OCC(=O)O[C@@H](C)c2cccc([N+](=O)[O-])c2)c1. The molecular weight excluding hydrogens is 326 g/mol. The van der Waals surface area contributed by atoms with Crippen molar-refractivity contribution in [3.8, 4) is 5.75 Å². The molecule has 0 fully saturated rings. The van der Waals surface area contributed by atoms with Gasteiger partial charge >= 0.3 is 5.97 Å². The standard InChI is InChI=1S/C18H17NO6/c1-12(20)14-5-4-8-17(10-14)24-11-18(21)25-13(2)15-6-3-7-16(9-15)19(22)23/h3-10,13H,11H2,1-2H3/t13-/m0/s1. The molecule has 0 saturated heterocycles. The fourth-order valence-electron chi connectivity index (χ4n) is 2.14. The highest BCUT2D eigenvalue weighted by atomic mass is 16.6. The lowest BCUT2D eigenvalue weighted by Gasteiger charge is -2.14. The molecule has 0 aromatic heterocycles. The lowest BCUT2D eigenvalue weighted by Crippen LogP contribution is -2.17. The van der Waals surface area contributed by atoms with Crippen LogP contribution in [0.4, 0.5) is 5.69 Å². The Morgan fingerprint density at radius 1 is 1.16 bits per heavy atom. The summed E-state index contributed by atoms with van der Waals surface area (Å²) in [5.74, 6) is -0.341. The molecule has 2 aromatic rings. The van der Waals surface area contributed by atoms with Gasteiger partial charge in [-0.05, 0) is 31.5 Å². The van der Waals surface area contributed by atoms with E-state index in [9.17, 15) is 19.7 Å². The van der Waals surface area contributed by atoms with Gasteiger partial charge in [-0.2, -0.15) is 0 Å². The van der Waals surface area contributed by atoms with Gasteiger partial charge in [0.1, 0.15) is 11.9 Å². The molecule has 0 saturated carbocycles. The van der Waals surface area contributed by atoms with Gasteiger partial charge in [-0.1, -0.05) is 24.3 Å². The van der Waals surface area contributed by atoms with Gasteiger partial charge in [0.05, 0.1) is 4.92 Å². The Balaban J connectivity index is 1.93. The number of benzene rings is 2. The Kier molecular flexibility index (Phi) is 5.84. The third-order valence-corrected chi connectivity index (χ3v) is 3.46. The largest absolute Gasteiger partial charge is 0.482 e. The zero-order valence-electron chi connectivity index (χ0n) is 13.8. The number of hydrogen-bond acceptors (Lipinski definition) is 6. The normalized spacial score (nSPS) is 11.4. The maximum atomic E-state index is 11.9. The van der Waals surface area contributed by atoms with E-state index >= 15 is 0 Å². The van der Waals surface area contributed by atoms with E-state index in [2.05, 4.69) is 0 Å². The molecule has 7 heteroatoms. The first-order valence-corrected chi connectivity index (χ1v) is 7.54. The van der Waals surface area contributed by atoms with Crippen LogP contribution >= 0.6 is 0 Å². The summed E-state index contributed by atoms with van der Waals surface area (Å²) in [5, 5.41) is 10.8. The van der Waals surface area contributed by atoms with E-state index in [4.69, 9.17) is 9.47 Å². The number of nitrogens with zero attached hydrogens (tertiary/aromatic N) is 1. The number of carbonyl (C=O) groups excluding carboxylic acids is 2. The first kappa shape index (κ1) is 18.1. The highest BCUT2D eigenvalue weighted by molar-refractivity contribution is 5.94. The molecule has 1 atom stereocenters. The van der Waals surface area contributed by atoms with E-state index in [0.29, 0.717) is 16.9 Å². The number of rotatable bonds is 7. The quantitative estimate of drug-likeness (QED) is 0.330. The Morgan fingerprint density at radius 2 is 1.88 bits per heavy atom. The van der Waals surface area contributed by atoms with Gasteiger partial charge < -0.3 is 9.47 Å².